The number of carbonyl (C=O) groups excluding carboxylic acids is 1. The number of carbonyl (C=O) groups is 1. The van der Waals surface area contributed by atoms with Crippen molar-refractivity contribution in [1.29, 1.82) is 0 Å². The van der Waals surface area contributed by atoms with Crippen molar-refractivity contribution in [3.05, 3.63) is 83.4 Å². The average Bonchev–Trinajstić information content (AvgIpc) is 3.34. The molecule has 1 amide bonds. The molecule has 0 fully saturated rings. The van der Waals surface area contributed by atoms with Gasteiger partial charge < -0.3 is 9.73 Å². The number of amides is 1. The minimum atomic E-state index is -0.423. The van der Waals surface area contributed by atoms with E-state index in [1.54, 1.807) is 19.2 Å². The first kappa shape index (κ1) is 17.9. The van der Waals surface area contributed by atoms with E-state index in [2.05, 4.69) is 20.4 Å². The summed E-state index contributed by atoms with van der Waals surface area (Å²) in [7, 11) is 0. The lowest BCUT2D eigenvalue weighted by atomic mass is 10.2. The number of nitrogens with zero attached hydrogens (tertiary/aromatic N) is 4. The lowest BCUT2D eigenvalue weighted by molar-refractivity contribution is 0.0937. The van der Waals surface area contributed by atoms with Gasteiger partial charge in [-0.2, -0.15) is 0 Å². The van der Waals surface area contributed by atoms with E-state index in [-0.39, 0.29) is 12.4 Å². The molecule has 0 saturated heterocycles. The highest BCUT2D eigenvalue weighted by molar-refractivity contribution is 6.32. The molecule has 8 heteroatoms. The van der Waals surface area contributed by atoms with Crippen LogP contribution in [-0.4, -0.2) is 25.7 Å². The Kier molecular flexibility index (Phi) is 4.90. The summed E-state index contributed by atoms with van der Waals surface area (Å²) in [5, 5.41) is 7.51. The van der Waals surface area contributed by atoms with Crippen molar-refractivity contribution in [3.8, 4) is 17.0 Å². The predicted octanol–water partition coefficient (Wildman–Crippen LogP) is 3.81. The molecule has 4 aromatic rings. The third kappa shape index (κ3) is 3.65. The van der Waals surface area contributed by atoms with Crippen molar-refractivity contribution < 1.29 is 9.21 Å². The molecule has 2 heterocycles. The highest BCUT2D eigenvalue weighted by atomic mass is 35.5. The highest BCUT2D eigenvalue weighted by Gasteiger charge is 2.17. The summed E-state index contributed by atoms with van der Waals surface area (Å²) in [6, 6.07) is 16.9. The minimum absolute atomic E-state index is 0.0484. The molecule has 1 N–H and O–H groups in total. The molecule has 4 rings (SSSR count). The normalized spacial score (nSPS) is 10.8. The van der Waals surface area contributed by atoms with Crippen molar-refractivity contribution in [1.82, 2.24) is 25.1 Å². The van der Waals surface area contributed by atoms with Gasteiger partial charge in [0.15, 0.2) is 5.76 Å². The predicted molar refractivity (Wildman–Crippen MR) is 104 cm³/mol. The quantitative estimate of drug-likeness (QED) is 0.557. The maximum Gasteiger partial charge on any atom is 0.291 e. The Labute approximate surface area is 166 Å². The first-order valence-corrected chi connectivity index (χ1v) is 8.96. The van der Waals surface area contributed by atoms with E-state index in [1.807, 2.05) is 48.5 Å². The van der Waals surface area contributed by atoms with Crippen LogP contribution in [0.15, 0.2) is 65.2 Å². The molecule has 0 aliphatic rings. The minimum Gasteiger partial charge on any atom is -0.439 e. The molecular formula is C20H16ClN5O2. The summed E-state index contributed by atoms with van der Waals surface area (Å²) >= 11 is 6.20. The van der Waals surface area contributed by atoms with E-state index in [1.165, 1.54) is 4.68 Å². The van der Waals surface area contributed by atoms with Gasteiger partial charge in [-0.1, -0.05) is 54.1 Å². The number of para-hydroxylation sites is 1. The van der Waals surface area contributed by atoms with Gasteiger partial charge in [0.1, 0.15) is 5.82 Å². The number of nitrogens with one attached hydrogen (secondary N) is 1. The van der Waals surface area contributed by atoms with Crippen molar-refractivity contribution in [2.45, 2.75) is 13.5 Å². The second-order valence-electron chi connectivity index (χ2n) is 6.01. The van der Waals surface area contributed by atoms with Crippen LogP contribution in [0.3, 0.4) is 0 Å². The number of halogens is 1. The smallest absolute Gasteiger partial charge is 0.291 e. The summed E-state index contributed by atoms with van der Waals surface area (Å²) in [5.74, 6) is 1.22. The third-order valence-electron chi connectivity index (χ3n) is 4.06. The number of aromatic nitrogens is 4. The van der Waals surface area contributed by atoms with Crippen molar-refractivity contribution >= 4 is 17.5 Å². The van der Waals surface area contributed by atoms with Crippen LogP contribution >= 0.6 is 11.6 Å². The monoisotopic (exact) mass is 393 g/mol. The molecule has 2 aromatic carbocycles. The summed E-state index contributed by atoms with van der Waals surface area (Å²) in [6.45, 7) is 1.89. The van der Waals surface area contributed by atoms with E-state index >= 15 is 0 Å². The van der Waals surface area contributed by atoms with Crippen LogP contribution in [0.25, 0.3) is 17.0 Å². The second-order valence-corrected chi connectivity index (χ2v) is 6.42. The van der Waals surface area contributed by atoms with Crippen LogP contribution in [0.1, 0.15) is 22.3 Å². The zero-order valence-electron chi connectivity index (χ0n) is 15.0. The molecule has 0 atom stereocenters. The number of aryl methyl sites for hydroxylation is 1. The van der Waals surface area contributed by atoms with Gasteiger partial charge in [-0.3, -0.25) is 4.79 Å². The Balaban J connectivity index is 1.46. The van der Waals surface area contributed by atoms with Gasteiger partial charge in [0.25, 0.3) is 5.91 Å². The van der Waals surface area contributed by atoms with E-state index < -0.39 is 5.91 Å². The van der Waals surface area contributed by atoms with Crippen molar-refractivity contribution in [2.24, 2.45) is 0 Å². The molecule has 0 radical (unpaired) electrons. The Hall–Kier alpha value is -3.45. The maximum atomic E-state index is 12.4. The fraction of sp³-hybridized carbons (Fsp3) is 0.100. The average molecular weight is 394 g/mol. The molecule has 28 heavy (non-hydrogen) atoms. The topological polar surface area (TPSA) is 85.8 Å². The van der Waals surface area contributed by atoms with Crippen molar-refractivity contribution in [3.63, 3.8) is 0 Å². The molecule has 0 unspecified atom stereocenters. The fourth-order valence-corrected chi connectivity index (χ4v) is 2.92. The first-order valence-electron chi connectivity index (χ1n) is 8.59. The molecular weight excluding hydrogens is 378 g/mol. The van der Waals surface area contributed by atoms with E-state index in [0.717, 1.165) is 5.56 Å². The molecule has 7 nitrogen and oxygen atoms in total. The molecule has 2 aromatic heterocycles. The van der Waals surface area contributed by atoms with Crippen LogP contribution in [-0.2, 0) is 6.54 Å². The van der Waals surface area contributed by atoms with Gasteiger partial charge in [-0.25, -0.2) is 14.6 Å². The Bertz CT molecular complexity index is 1120. The number of hydrogen-bond donors (Lipinski definition) is 1. The van der Waals surface area contributed by atoms with Crippen LogP contribution in [0, 0.1) is 6.92 Å². The fourth-order valence-electron chi connectivity index (χ4n) is 2.70. The van der Waals surface area contributed by atoms with Crippen LogP contribution in [0.2, 0.25) is 5.02 Å². The van der Waals surface area contributed by atoms with Crippen molar-refractivity contribution in [2.75, 3.05) is 0 Å². The number of hydrogen-bond acceptors (Lipinski definition) is 5. The molecule has 0 saturated carbocycles. The Morgan fingerprint density at radius 3 is 2.68 bits per heavy atom. The number of rotatable bonds is 5. The third-order valence-corrected chi connectivity index (χ3v) is 4.38. The summed E-state index contributed by atoms with van der Waals surface area (Å²) in [6.07, 6.45) is 1.63. The zero-order chi connectivity index (χ0) is 19.5. The molecule has 0 spiro atoms. The zero-order valence-corrected chi connectivity index (χ0v) is 15.7. The summed E-state index contributed by atoms with van der Waals surface area (Å²) < 4.78 is 7.22. The first-order chi connectivity index (χ1) is 13.6. The summed E-state index contributed by atoms with van der Waals surface area (Å²) in [5.41, 5.74) is 1.58. The van der Waals surface area contributed by atoms with Gasteiger partial charge in [0, 0.05) is 5.56 Å². The highest BCUT2D eigenvalue weighted by Crippen LogP contribution is 2.21. The van der Waals surface area contributed by atoms with Crippen LogP contribution in [0.4, 0.5) is 0 Å². The lowest BCUT2D eigenvalue weighted by Gasteiger charge is -2.04. The standard InChI is InChI=1S/C20H16ClN5O2/c1-13-24-19(25-26(13)16-10-6-5-9-15(16)21)20(27)23-12-18-22-11-17(28-18)14-7-3-2-4-8-14/h2-11H,12H2,1H3,(H,23,27). The largest absolute Gasteiger partial charge is 0.439 e. The van der Waals surface area contributed by atoms with Gasteiger partial charge in [-0.15, -0.1) is 5.10 Å². The summed E-state index contributed by atoms with van der Waals surface area (Å²) in [4.78, 5) is 20.8. The van der Waals surface area contributed by atoms with E-state index in [4.69, 9.17) is 16.0 Å². The van der Waals surface area contributed by atoms with E-state index in [0.29, 0.717) is 28.2 Å². The Morgan fingerprint density at radius 1 is 1.14 bits per heavy atom. The van der Waals surface area contributed by atoms with E-state index in [9.17, 15) is 4.79 Å². The molecule has 140 valence electrons. The van der Waals surface area contributed by atoms with Gasteiger partial charge in [-0.05, 0) is 19.1 Å². The Morgan fingerprint density at radius 2 is 1.89 bits per heavy atom. The molecule has 0 aliphatic heterocycles. The molecule has 0 aliphatic carbocycles. The second kappa shape index (κ2) is 7.66. The maximum absolute atomic E-state index is 12.4. The van der Waals surface area contributed by atoms with Crippen LogP contribution in [0.5, 0.6) is 0 Å². The van der Waals surface area contributed by atoms with Gasteiger partial charge in [0.2, 0.25) is 11.7 Å². The number of benzene rings is 2. The number of oxazole rings is 1. The SMILES string of the molecule is Cc1nc(C(=O)NCc2ncc(-c3ccccc3)o2)nn1-c1ccccc1Cl. The van der Waals surface area contributed by atoms with Gasteiger partial charge in [0.05, 0.1) is 23.5 Å². The molecule has 0 bridgehead atoms. The van der Waals surface area contributed by atoms with Gasteiger partial charge >= 0.3 is 0 Å². The lowest BCUT2D eigenvalue weighted by Crippen LogP contribution is -2.24. The van der Waals surface area contributed by atoms with Crippen LogP contribution < -0.4 is 5.32 Å².